The first-order valence-electron chi connectivity index (χ1n) is 9.11. The minimum absolute atomic E-state index is 0.0564. The van der Waals surface area contributed by atoms with E-state index in [9.17, 15) is 9.18 Å². The molecule has 0 aromatic carbocycles. The van der Waals surface area contributed by atoms with Crippen molar-refractivity contribution in [2.75, 3.05) is 24.5 Å². The summed E-state index contributed by atoms with van der Waals surface area (Å²) in [6.45, 7) is 2.14. The van der Waals surface area contributed by atoms with Gasteiger partial charge in [0.1, 0.15) is 6.33 Å². The second-order valence-electron chi connectivity index (χ2n) is 7.27. The zero-order chi connectivity index (χ0) is 19.3. The van der Waals surface area contributed by atoms with Gasteiger partial charge in [-0.25, -0.2) is 9.37 Å². The molecule has 3 aromatic rings. The number of carbonyl (C=O) groups is 1. The minimum Gasteiger partial charge on any atom is -0.353 e. The summed E-state index contributed by atoms with van der Waals surface area (Å²) in [5.74, 6) is 1.30. The quantitative estimate of drug-likeness (QED) is 0.656. The van der Waals surface area contributed by atoms with Crippen molar-refractivity contribution in [2.45, 2.75) is 6.42 Å². The molecule has 1 saturated heterocycles. The van der Waals surface area contributed by atoms with Gasteiger partial charge in [0.05, 0.1) is 11.8 Å². The fraction of sp³-hybridized carbons (Fsp3) is 0.389. The number of amides is 1. The van der Waals surface area contributed by atoms with Crippen molar-refractivity contribution >= 4 is 29.0 Å². The Bertz CT molecular complexity index is 1050. The lowest BCUT2D eigenvalue weighted by molar-refractivity contribution is 0.0952. The first-order chi connectivity index (χ1) is 13.6. The second kappa shape index (κ2) is 6.66. The van der Waals surface area contributed by atoms with Gasteiger partial charge in [0.25, 0.3) is 5.91 Å². The van der Waals surface area contributed by atoms with Crippen molar-refractivity contribution in [1.29, 1.82) is 0 Å². The zero-order valence-electron chi connectivity index (χ0n) is 14.8. The Morgan fingerprint density at radius 3 is 2.96 bits per heavy atom. The SMILES string of the molecule is O=C(NCCC1[C@H]2CN(c3nc(Cl)ncc3F)C[C@@H]12)c1ccc2nncn2c1. The molecule has 0 bridgehead atoms. The Labute approximate surface area is 164 Å². The second-order valence-corrected chi connectivity index (χ2v) is 7.60. The third-order valence-electron chi connectivity index (χ3n) is 5.68. The Kier molecular flexibility index (Phi) is 4.12. The summed E-state index contributed by atoms with van der Waals surface area (Å²) < 4.78 is 15.6. The summed E-state index contributed by atoms with van der Waals surface area (Å²) in [4.78, 5) is 21.9. The van der Waals surface area contributed by atoms with Crippen LogP contribution in [0.15, 0.2) is 30.9 Å². The maximum atomic E-state index is 13.9. The molecule has 5 rings (SSSR count). The van der Waals surface area contributed by atoms with E-state index in [1.807, 2.05) is 4.90 Å². The molecule has 10 heteroatoms. The Balaban J connectivity index is 1.12. The van der Waals surface area contributed by atoms with Gasteiger partial charge in [0, 0.05) is 25.8 Å². The molecule has 1 amide bonds. The van der Waals surface area contributed by atoms with Gasteiger partial charge in [0.15, 0.2) is 17.3 Å². The lowest BCUT2D eigenvalue weighted by Crippen LogP contribution is -2.28. The summed E-state index contributed by atoms with van der Waals surface area (Å²) in [6.07, 6.45) is 5.31. The minimum atomic E-state index is -0.445. The Hall–Kier alpha value is -2.81. The van der Waals surface area contributed by atoms with Gasteiger partial charge >= 0.3 is 0 Å². The van der Waals surface area contributed by atoms with Crippen LogP contribution in [-0.4, -0.2) is 50.1 Å². The van der Waals surface area contributed by atoms with Gasteiger partial charge in [0.2, 0.25) is 5.28 Å². The van der Waals surface area contributed by atoms with Crippen LogP contribution in [0.5, 0.6) is 0 Å². The number of nitrogens with zero attached hydrogens (tertiary/aromatic N) is 6. The highest BCUT2D eigenvalue weighted by molar-refractivity contribution is 6.28. The maximum Gasteiger partial charge on any atom is 0.252 e. The molecule has 3 aromatic heterocycles. The fourth-order valence-electron chi connectivity index (χ4n) is 4.23. The number of anilines is 1. The summed E-state index contributed by atoms with van der Waals surface area (Å²) in [5.41, 5.74) is 1.28. The van der Waals surface area contributed by atoms with E-state index in [4.69, 9.17) is 11.6 Å². The highest BCUT2D eigenvalue weighted by Crippen LogP contribution is 2.54. The van der Waals surface area contributed by atoms with E-state index >= 15 is 0 Å². The van der Waals surface area contributed by atoms with Crippen LogP contribution >= 0.6 is 11.6 Å². The largest absolute Gasteiger partial charge is 0.353 e. The van der Waals surface area contributed by atoms with Crippen LogP contribution in [-0.2, 0) is 0 Å². The molecule has 8 nitrogen and oxygen atoms in total. The molecule has 3 atom stereocenters. The molecule has 1 saturated carbocycles. The smallest absolute Gasteiger partial charge is 0.252 e. The third-order valence-corrected chi connectivity index (χ3v) is 5.87. The molecule has 1 aliphatic carbocycles. The van der Waals surface area contributed by atoms with Crippen molar-refractivity contribution in [3.63, 3.8) is 0 Å². The van der Waals surface area contributed by atoms with E-state index in [-0.39, 0.29) is 17.0 Å². The highest BCUT2D eigenvalue weighted by Gasteiger charge is 2.55. The number of rotatable bonds is 5. The summed E-state index contributed by atoms with van der Waals surface area (Å²) >= 11 is 5.78. The molecule has 1 aliphatic heterocycles. The van der Waals surface area contributed by atoms with Gasteiger partial charge in [-0.05, 0) is 47.9 Å². The molecular weight excluding hydrogens is 385 g/mol. The molecule has 1 unspecified atom stereocenters. The number of pyridine rings is 1. The molecule has 144 valence electrons. The summed E-state index contributed by atoms with van der Waals surface area (Å²) in [7, 11) is 0. The van der Waals surface area contributed by atoms with E-state index in [1.165, 1.54) is 0 Å². The molecule has 2 fully saturated rings. The number of aromatic nitrogens is 5. The van der Waals surface area contributed by atoms with Crippen molar-refractivity contribution in [2.24, 2.45) is 17.8 Å². The van der Waals surface area contributed by atoms with Crippen LogP contribution in [0.25, 0.3) is 5.65 Å². The molecule has 1 N–H and O–H groups in total. The highest BCUT2D eigenvalue weighted by atomic mass is 35.5. The van der Waals surface area contributed by atoms with E-state index in [2.05, 4.69) is 25.5 Å². The van der Waals surface area contributed by atoms with Crippen molar-refractivity contribution in [1.82, 2.24) is 29.9 Å². The van der Waals surface area contributed by atoms with Crippen LogP contribution in [0.3, 0.4) is 0 Å². The number of hydrogen-bond acceptors (Lipinski definition) is 6. The van der Waals surface area contributed by atoms with E-state index < -0.39 is 5.82 Å². The monoisotopic (exact) mass is 401 g/mol. The number of carbonyl (C=O) groups excluding carboxylic acids is 1. The lowest BCUT2D eigenvalue weighted by atomic mass is 10.2. The molecular formula is C18H17ClFN7O. The van der Waals surface area contributed by atoms with Crippen molar-refractivity contribution in [3.8, 4) is 0 Å². The average Bonchev–Trinajstić information content (AvgIpc) is 3.08. The van der Waals surface area contributed by atoms with Crippen molar-refractivity contribution in [3.05, 3.63) is 47.5 Å². The standard InChI is InChI=1S/C18H17ClFN7O/c19-18-22-5-14(20)16(24-18)26-7-12-11(13(12)8-26)3-4-21-17(28)10-1-2-15-25-23-9-27(15)6-10/h1-2,5-6,9,11-13H,3-4,7-8H2,(H,21,28)/t11?,12-,13+. The molecule has 28 heavy (non-hydrogen) atoms. The van der Waals surface area contributed by atoms with Gasteiger partial charge in [-0.15, -0.1) is 10.2 Å². The summed E-state index contributed by atoms with van der Waals surface area (Å²) in [5, 5.41) is 10.8. The van der Waals surface area contributed by atoms with Crippen LogP contribution in [0.4, 0.5) is 10.2 Å². The third kappa shape index (κ3) is 3.05. The van der Waals surface area contributed by atoms with Crippen LogP contribution < -0.4 is 10.2 Å². The number of fused-ring (bicyclic) bond motifs is 2. The topological polar surface area (TPSA) is 88.3 Å². The summed E-state index contributed by atoms with van der Waals surface area (Å²) in [6, 6.07) is 3.50. The van der Waals surface area contributed by atoms with E-state index in [1.54, 1.807) is 29.1 Å². The molecule has 2 aliphatic rings. The number of halogens is 2. The molecule has 0 spiro atoms. The van der Waals surface area contributed by atoms with Gasteiger partial charge in [-0.2, -0.15) is 4.98 Å². The predicted octanol–water partition coefficient (Wildman–Crippen LogP) is 1.81. The van der Waals surface area contributed by atoms with Crippen LogP contribution in [0.2, 0.25) is 5.28 Å². The number of nitrogens with one attached hydrogen (secondary N) is 1. The van der Waals surface area contributed by atoms with Gasteiger partial charge < -0.3 is 10.2 Å². The fourth-order valence-corrected chi connectivity index (χ4v) is 4.35. The lowest BCUT2D eigenvalue weighted by Gasteiger charge is -2.21. The number of hydrogen-bond donors (Lipinski definition) is 1. The van der Waals surface area contributed by atoms with Gasteiger partial charge in [-0.1, -0.05) is 0 Å². The van der Waals surface area contributed by atoms with Gasteiger partial charge in [-0.3, -0.25) is 9.20 Å². The first-order valence-corrected chi connectivity index (χ1v) is 9.48. The van der Waals surface area contributed by atoms with Crippen molar-refractivity contribution < 1.29 is 9.18 Å². The first kappa shape index (κ1) is 17.3. The maximum absolute atomic E-state index is 13.9. The Morgan fingerprint density at radius 1 is 1.32 bits per heavy atom. The Morgan fingerprint density at radius 2 is 2.14 bits per heavy atom. The van der Waals surface area contributed by atoms with Crippen LogP contribution in [0.1, 0.15) is 16.8 Å². The van der Waals surface area contributed by atoms with Crippen LogP contribution in [0, 0.1) is 23.6 Å². The predicted molar refractivity (Wildman–Crippen MR) is 99.6 cm³/mol. The average molecular weight is 402 g/mol. The number of piperidine rings is 1. The van der Waals surface area contributed by atoms with E-state index in [0.29, 0.717) is 35.5 Å². The normalized spacial score (nSPS) is 23.1. The van der Waals surface area contributed by atoms with E-state index in [0.717, 1.165) is 25.7 Å². The zero-order valence-corrected chi connectivity index (χ0v) is 15.6. The molecule has 0 radical (unpaired) electrons. The molecule has 4 heterocycles.